The number of unbranched alkanes of at least 4 members (excludes halogenated alkanes) is 6. The lowest BCUT2D eigenvalue weighted by Crippen LogP contribution is -2.50. The normalized spacial score (nSPS) is 13.9. The molecule has 0 aliphatic rings. The van der Waals surface area contributed by atoms with Crippen LogP contribution in [0.1, 0.15) is 123 Å². The van der Waals surface area contributed by atoms with E-state index in [4.69, 9.17) is 14.2 Å². The summed E-state index contributed by atoms with van der Waals surface area (Å²) in [6, 6.07) is -0.628. The molecule has 0 aromatic rings. The van der Waals surface area contributed by atoms with Crippen LogP contribution in [0.15, 0.2) is 72.9 Å². The number of carbonyl (C=O) groups is 3. The zero-order valence-corrected chi connectivity index (χ0v) is 32.1. The highest BCUT2D eigenvalue weighted by atomic mass is 16.6. The molecule has 8 heteroatoms. The Labute approximate surface area is 304 Å². The van der Waals surface area contributed by atoms with Gasteiger partial charge in [0.25, 0.3) is 0 Å². The molecule has 0 aliphatic heterocycles. The van der Waals surface area contributed by atoms with Crippen LogP contribution in [-0.4, -0.2) is 80.6 Å². The highest BCUT2D eigenvalue weighted by molar-refractivity contribution is 5.72. The summed E-state index contributed by atoms with van der Waals surface area (Å²) < 4.78 is 17.0. The zero-order valence-electron chi connectivity index (χ0n) is 32.1. The zero-order chi connectivity index (χ0) is 37.1. The Morgan fingerprint density at radius 2 is 1.12 bits per heavy atom. The van der Waals surface area contributed by atoms with Crippen molar-refractivity contribution in [3.05, 3.63) is 72.9 Å². The maximum absolute atomic E-state index is 12.6. The van der Waals surface area contributed by atoms with Crippen LogP contribution in [0.25, 0.3) is 0 Å². The average Bonchev–Trinajstić information content (AvgIpc) is 3.06. The van der Waals surface area contributed by atoms with Gasteiger partial charge in [-0.3, -0.25) is 9.59 Å². The molecule has 0 heterocycles. The number of quaternary nitrogens is 1. The molecule has 2 unspecified atom stereocenters. The second-order valence-corrected chi connectivity index (χ2v) is 13.5. The van der Waals surface area contributed by atoms with E-state index in [9.17, 15) is 19.5 Å². The van der Waals surface area contributed by atoms with E-state index in [0.717, 1.165) is 57.8 Å². The number of likely N-dealkylation sites (N-methyl/N-ethyl adjacent to an activating group) is 1. The van der Waals surface area contributed by atoms with Gasteiger partial charge in [-0.1, -0.05) is 125 Å². The topological polar surface area (TPSA) is 99.1 Å². The maximum Gasteiger partial charge on any atom is 0.362 e. The van der Waals surface area contributed by atoms with Gasteiger partial charge in [-0.05, 0) is 51.4 Å². The molecule has 50 heavy (non-hydrogen) atoms. The predicted octanol–water partition coefficient (Wildman–Crippen LogP) is 9.63. The molecule has 0 bridgehead atoms. The number of aliphatic carboxylic acids is 1. The van der Waals surface area contributed by atoms with E-state index in [1.54, 1.807) is 0 Å². The Bertz CT molecular complexity index is 1050. The highest BCUT2D eigenvalue weighted by Gasteiger charge is 2.31. The van der Waals surface area contributed by atoms with Crippen molar-refractivity contribution >= 4 is 17.9 Å². The third kappa shape index (κ3) is 30.8. The standard InChI is InChI=1S/C42H69NO7/c1-6-8-10-12-14-15-16-17-18-19-20-21-22-23-24-25-27-29-31-33-41(45)50-38(36-48-35-34-39(42(46)47)43(3,4)5)37-49-40(44)32-30-28-26-13-11-9-7-2/h8,10,14-15,17-18,20-21,23-24,27,29,38-39H,6-7,9,11-13,16,19,22,25-26,28,30-37H2,1-5H3/p+1/b10-8-,15-14-,18-17-,21-20-,24-23-,29-27-. The molecule has 8 nitrogen and oxygen atoms in total. The van der Waals surface area contributed by atoms with Gasteiger partial charge in [0.2, 0.25) is 0 Å². The number of allylic oxidation sites excluding steroid dienone is 12. The largest absolute Gasteiger partial charge is 0.477 e. The van der Waals surface area contributed by atoms with Gasteiger partial charge >= 0.3 is 17.9 Å². The lowest BCUT2D eigenvalue weighted by molar-refractivity contribution is -0.887. The SMILES string of the molecule is CC/C=C\C/C=C\C/C=C\C/C=C\C/C=C\C/C=C\CCC(=O)OC(COCCC(C(=O)O)[N+](C)(C)C)COC(=O)CCCCCCCCC. The first-order valence-electron chi connectivity index (χ1n) is 19.0. The van der Waals surface area contributed by atoms with Crippen molar-refractivity contribution in [1.29, 1.82) is 0 Å². The second-order valence-electron chi connectivity index (χ2n) is 13.5. The molecule has 0 fully saturated rings. The molecule has 2 atom stereocenters. The van der Waals surface area contributed by atoms with Gasteiger partial charge in [-0.2, -0.15) is 0 Å². The Hall–Kier alpha value is -3.23. The molecule has 0 aromatic carbocycles. The molecule has 284 valence electrons. The van der Waals surface area contributed by atoms with Gasteiger partial charge in [-0.25, -0.2) is 4.79 Å². The van der Waals surface area contributed by atoms with Crippen LogP contribution in [0.4, 0.5) is 0 Å². The number of carbonyl (C=O) groups excluding carboxylic acids is 2. The average molecular weight is 701 g/mol. The van der Waals surface area contributed by atoms with Gasteiger partial charge in [0.1, 0.15) is 6.61 Å². The Kier molecular flexibility index (Phi) is 30.8. The minimum Gasteiger partial charge on any atom is -0.477 e. The molecular formula is C42H70NO7+. The number of carboxylic acid groups (broad SMARTS) is 1. The summed E-state index contributed by atoms with van der Waals surface area (Å²) in [4.78, 5) is 36.6. The van der Waals surface area contributed by atoms with E-state index in [0.29, 0.717) is 19.3 Å². The van der Waals surface area contributed by atoms with Crippen LogP contribution in [-0.2, 0) is 28.6 Å². The van der Waals surface area contributed by atoms with E-state index in [1.807, 2.05) is 33.3 Å². The minimum atomic E-state index is -0.891. The Balaban J connectivity index is 4.52. The fourth-order valence-electron chi connectivity index (χ4n) is 4.94. The molecule has 0 aromatic heterocycles. The van der Waals surface area contributed by atoms with Gasteiger partial charge in [0.05, 0.1) is 34.4 Å². The number of hydrogen-bond acceptors (Lipinski definition) is 6. The number of nitrogens with zero attached hydrogens (tertiary/aromatic N) is 1. The third-order valence-corrected chi connectivity index (χ3v) is 7.88. The van der Waals surface area contributed by atoms with Crippen molar-refractivity contribution in [2.45, 2.75) is 135 Å². The minimum absolute atomic E-state index is 0.0276. The third-order valence-electron chi connectivity index (χ3n) is 7.88. The van der Waals surface area contributed by atoms with Crippen LogP contribution in [0.2, 0.25) is 0 Å². The van der Waals surface area contributed by atoms with Crippen molar-refractivity contribution in [2.24, 2.45) is 0 Å². The van der Waals surface area contributed by atoms with Crippen LogP contribution >= 0.6 is 0 Å². The number of hydrogen-bond donors (Lipinski definition) is 1. The highest BCUT2D eigenvalue weighted by Crippen LogP contribution is 2.11. The summed E-state index contributed by atoms with van der Waals surface area (Å²) in [5.41, 5.74) is 0. The molecule has 0 rings (SSSR count). The summed E-state index contributed by atoms with van der Waals surface area (Å²) >= 11 is 0. The van der Waals surface area contributed by atoms with Crippen LogP contribution in [0.3, 0.4) is 0 Å². The van der Waals surface area contributed by atoms with Gasteiger partial charge < -0.3 is 23.8 Å². The summed E-state index contributed by atoms with van der Waals surface area (Å²) in [7, 11) is 5.48. The van der Waals surface area contributed by atoms with E-state index >= 15 is 0 Å². The molecule has 0 radical (unpaired) electrons. The van der Waals surface area contributed by atoms with Crippen molar-refractivity contribution < 1.29 is 38.2 Å². The Morgan fingerprint density at radius 1 is 0.620 bits per heavy atom. The van der Waals surface area contributed by atoms with Gasteiger partial charge in [0.15, 0.2) is 12.1 Å². The fraction of sp³-hybridized carbons (Fsp3) is 0.643. The molecular weight excluding hydrogens is 630 g/mol. The number of carboxylic acids is 1. The smallest absolute Gasteiger partial charge is 0.362 e. The van der Waals surface area contributed by atoms with Crippen LogP contribution in [0.5, 0.6) is 0 Å². The first kappa shape index (κ1) is 46.8. The molecule has 0 saturated heterocycles. The lowest BCUT2D eigenvalue weighted by atomic mass is 10.1. The fourth-order valence-corrected chi connectivity index (χ4v) is 4.94. The molecule has 0 spiro atoms. The van der Waals surface area contributed by atoms with Crippen molar-refractivity contribution in [1.82, 2.24) is 0 Å². The summed E-state index contributed by atoms with van der Waals surface area (Å²) in [6.07, 6.45) is 39.8. The number of esters is 2. The van der Waals surface area contributed by atoms with Crippen molar-refractivity contribution in [2.75, 3.05) is 41.0 Å². The molecule has 0 amide bonds. The summed E-state index contributed by atoms with van der Waals surface area (Å²) in [5, 5.41) is 9.56. The van der Waals surface area contributed by atoms with Crippen molar-refractivity contribution in [3.8, 4) is 0 Å². The summed E-state index contributed by atoms with van der Waals surface area (Å²) in [5.74, 6) is -1.60. The van der Waals surface area contributed by atoms with Gasteiger partial charge in [0, 0.05) is 19.3 Å². The van der Waals surface area contributed by atoms with Crippen LogP contribution < -0.4 is 0 Å². The maximum atomic E-state index is 12.6. The first-order chi connectivity index (χ1) is 24.1. The summed E-state index contributed by atoms with van der Waals surface area (Å²) in [6.45, 7) is 4.46. The first-order valence-corrected chi connectivity index (χ1v) is 19.0. The van der Waals surface area contributed by atoms with Gasteiger partial charge in [-0.15, -0.1) is 0 Å². The molecule has 1 N–H and O–H groups in total. The van der Waals surface area contributed by atoms with Crippen LogP contribution in [0, 0.1) is 0 Å². The van der Waals surface area contributed by atoms with Crippen molar-refractivity contribution in [3.63, 3.8) is 0 Å². The van der Waals surface area contributed by atoms with E-state index in [2.05, 4.69) is 74.6 Å². The monoisotopic (exact) mass is 701 g/mol. The number of ether oxygens (including phenoxy) is 3. The predicted molar refractivity (Wildman–Crippen MR) is 206 cm³/mol. The number of rotatable bonds is 32. The lowest BCUT2D eigenvalue weighted by Gasteiger charge is -2.31. The van der Waals surface area contributed by atoms with E-state index in [1.165, 1.54) is 25.7 Å². The quantitative estimate of drug-likeness (QED) is 0.0323. The van der Waals surface area contributed by atoms with E-state index < -0.39 is 24.1 Å². The molecule has 0 aliphatic carbocycles. The second kappa shape index (κ2) is 32.9. The Morgan fingerprint density at radius 3 is 1.62 bits per heavy atom. The molecule has 0 saturated carbocycles. The van der Waals surface area contributed by atoms with E-state index in [-0.39, 0.29) is 36.7 Å².